The quantitative estimate of drug-likeness (QED) is 0.532. The van der Waals surface area contributed by atoms with Crippen molar-refractivity contribution in [2.45, 2.75) is 36.6 Å². The van der Waals surface area contributed by atoms with Crippen molar-refractivity contribution < 1.29 is 13.5 Å². The lowest BCUT2D eigenvalue weighted by Crippen LogP contribution is -2.34. The third-order valence-electron chi connectivity index (χ3n) is 2.64. The molecule has 4 nitrogen and oxygen atoms in total. The van der Waals surface area contributed by atoms with Crippen molar-refractivity contribution in [1.29, 1.82) is 0 Å². The second-order valence-electron chi connectivity index (χ2n) is 4.09. The molecule has 0 aromatic heterocycles. The summed E-state index contributed by atoms with van der Waals surface area (Å²) in [5.41, 5.74) is 0.554. The van der Waals surface area contributed by atoms with E-state index in [4.69, 9.17) is 5.11 Å². The molecule has 0 aromatic carbocycles. The number of hydrogen-bond acceptors (Lipinski definition) is 3. The third-order valence-corrected chi connectivity index (χ3v) is 7.02. The van der Waals surface area contributed by atoms with Crippen LogP contribution >= 0.6 is 8.73 Å². The Labute approximate surface area is 99.6 Å². The molecule has 1 aliphatic carbocycles. The highest BCUT2D eigenvalue weighted by atomic mass is 32.2. The van der Waals surface area contributed by atoms with E-state index in [9.17, 15) is 8.42 Å². The summed E-state index contributed by atoms with van der Waals surface area (Å²) >= 11 is 0. The summed E-state index contributed by atoms with van der Waals surface area (Å²) in [6.07, 6.45) is 5.01. The molecule has 1 unspecified atom stereocenters. The Morgan fingerprint density at radius 1 is 1.62 bits per heavy atom. The highest BCUT2D eigenvalue weighted by Crippen LogP contribution is 2.42. The third kappa shape index (κ3) is 3.81. The molecule has 6 heteroatoms. The van der Waals surface area contributed by atoms with Gasteiger partial charge >= 0.3 is 0 Å². The summed E-state index contributed by atoms with van der Waals surface area (Å²) in [7, 11) is -1.38. The molecule has 1 rings (SSSR count). The Morgan fingerprint density at radius 3 is 2.69 bits per heavy atom. The van der Waals surface area contributed by atoms with E-state index >= 15 is 0 Å². The van der Waals surface area contributed by atoms with Crippen LogP contribution in [0.25, 0.3) is 0 Å². The average Bonchev–Trinajstić information content (AvgIpc) is 3.02. The molecule has 0 heterocycles. The van der Waals surface area contributed by atoms with Gasteiger partial charge in [-0.2, -0.15) is 4.08 Å². The van der Waals surface area contributed by atoms with Gasteiger partial charge in [-0.25, -0.2) is 8.42 Å². The molecule has 0 spiro atoms. The first-order chi connectivity index (χ1) is 7.52. The van der Waals surface area contributed by atoms with Gasteiger partial charge in [0.15, 0.2) is 0 Å². The Hall–Kier alpha value is 0.0400. The van der Waals surface area contributed by atoms with Crippen LogP contribution in [-0.4, -0.2) is 42.2 Å². The van der Waals surface area contributed by atoms with Crippen LogP contribution in [0.15, 0.2) is 12.7 Å². The summed E-state index contributed by atoms with van der Waals surface area (Å²) in [4.78, 5) is 0. The normalized spacial score (nSPS) is 19.4. The first-order valence-corrected chi connectivity index (χ1v) is 8.00. The van der Waals surface area contributed by atoms with Gasteiger partial charge in [-0.15, -0.1) is 6.58 Å². The van der Waals surface area contributed by atoms with E-state index in [0.717, 1.165) is 12.8 Å². The largest absolute Gasteiger partial charge is 0.395 e. The summed E-state index contributed by atoms with van der Waals surface area (Å²) in [6, 6.07) is 0. The second-order valence-corrected chi connectivity index (χ2v) is 8.40. The Kier molecular flexibility index (Phi) is 5.38. The predicted molar refractivity (Wildman–Crippen MR) is 68.3 cm³/mol. The van der Waals surface area contributed by atoms with Gasteiger partial charge in [0.1, 0.15) is 0 Å². The summed E-state index contributed by atoms with van der Waals surface area (Å²) in [5.74, 6) is 0. The van der Waals surface area contributed by atoms with E-state index < -0.39 is 15.3 Å². The van der Waals surface area contributed by atoms with Gasteiger partial charge in [0.2, 0.25) is 10.0 Å². The molecule has 0 saturated heterocycles. The van der Waals surface area contributed by atoms with E-state index in [-0.39, 0.29) is 6.61 Å². The molecule has 16 heavy (non-hydrogen) atoms. The van der Waals surface area contributed by atoms with Gasteiger partial charge in [0, 0.05) is 7.05 Å². The van der Waals surface area contributed by atoms with Crippen molar-refractivity contribution in [1.82, 2.24) is 4.08 Å². The number of aliphatic hydroxyl groups excluding tert-OH is 1. The van der Waals surface area contributed by atoms with Crippen LogP contribution in [0.5, 0.6) is 0 Å². The van der Waals surface area contributed by atoms with Crippen molar-refractivity contribution in [3.8, 4) is 0 Å². The second kappa shape index (κ2) is 6.10. The van der Waals surface area contributed by atoms with Crippen molar-refractivity contribution in [3.63, 3.8) is 0 Å². The first kappa shape index (κ1) is 14.1. The molecule has 0 bridgehead atoms. The van der Waals surface area contributed by atoms with Crippen LogP contribution in [0, 0.1) is 0 Å². The van der Waals surface area contributed by atoms with E-state index in [1.54, 1.807) is 13.1 Å². The summed E-state index contributed by atoms with van der Waals surface area (Å²) < 4.78 is 25.6. The lowest BCUT2D eigenvalue weighted by atomic mass is 10.2. The van der Waals surface area contributed by atoms with Crippen LogP contribution in [0.2, 0.25) is 0 Å². The van der Waals surface area contributed by atoms with Gasteiger partial charge in [-0.05, 0) is 40.1 Å². The standard InChI is InChI=1S/C10H20NO3PS/c1-3-4-5-10(8-12)16(13,14)11(2)15-9-6-7-9/h3,9-10,12,15H,1,4-8H2,2H3/t10-/m0/s1. The smallest absolute Gasteiger partial charge is 0.222 e. The lowest BCUT2D eigenvalue weighted by molar-refractivity contribution is 0.284. The molecule has 0 aromatic rings. The van der Waals surface area contributed by atoms with E-state index in [1.807, 2.05) is 0 Å². The molecule has 1 N–H and O–H groups in total. The van der Waals surface area contributed by atoms with E-state index in [0.29, 0.717) is 27.2 Å². The lowest BCUT2D eigenvalue weighted by Gasteiger charge is -2.22. The molecule has 1 saturated carbocycles. The van der Waals surface area contributed by atoms with Crippen molar-refractivity contribution in [2.24, 2.45) is 0 Å². The fourth-order valence-corrected chi connectivity index (χ4v) is 4.90. The molecule has 0 radical (unpaired) electrons. The number of rotatable bonds is 8. The Morgan fingerprint density at radius 2 is 2.25 bits per heavy atom. The number of hydrogen-bond donors (Lipinski definition) is 1. The van der Waals surface area contributed by atoms with Crippen molar-refractivity contribution in [3.05, 3.63) is 12.7 Å². The minimum atomic E-state index is -3.33. The predicted octanol–water partition coefficient (Wildman–Crippen LogP) is 1.33. The number of sulfonamides is 1. The maximum Gasteiger partial charge on any atom is 0.222 e. The van der Waals surface area contributed by atoms with Crippen LogP contribution in [0.4, 0.5) is 0 Å². The highest BCUT2D eigenvalue weighted by molar-refractivity contribution is 7.93. The summed E-state index contributed by atoms with van der Waals surface area (Å²) in [5, 5.41) is 8.47. The zero-order valence-electron chi connectivity index (χ0n) is 9.59. The van der Waals surface area contributed by atoms with Gasteiger partial charge in [-0.3, -0.25) is 0 Å². The van der Waals surface area contributed by atoms with Crippen LogP contribution < -0.4 is 0 Å². The van der Waals surface area contributed by atoms with Gasteiger partial charge in [0.05, 0.1) is 11.9 Å². The maximum absolute atomic E-state index is 12.1. The zero-order valence-corrected chi connectivity index (χ0v) is 11.4. The monoisotopic (exact) mass is 265 g/mol. The minimum Gasteiger partial charge on any atom is -0.395 e. The van der Waals surface area contributed by atoms with E-state index in [1.165, 1.54) is 4.08 Å². The van der Waals surface area contributed by atoms with Crippen molar-refractivity contribution >= 4 is 18.8 Å². The van der Waals surface area contributed by atoms with Gasteiger partial charge in [0.25, 0.3) is 0 Å². The number of nitrogens with zero attached hydrogens (tertiary/aromatic N) is 1. The molecule has 0 amide bonds. The number of allylic oxidation sites excluding steroid dienone is 1. The summed E-state index contributed by atoms with van der Waals surface area (Å²) in [6.45, 7) is 3.25. The van der Waals surface area contributed by atoms with Crippen molar-refractivity contribution in [2.75, 3.05) is 13.7 Å². The van der Waals surface area contributed by atoms with Crippen LogP contribution in [0.1, 0.15) is 25.7 Å². The van der Waals surface area contributed by atoms with Gasteiger partial charge in [-0.1, -0.05) is 6.08 Å². The first-order valence-electron chi connectivity index (χ1n) is 5.48. The molecule has 0 aliphatic heterocycles. The molecule has 94 valence electrons. The van der Waals surface area contributed by atoms with Gasteiger partial charge < -0.3 is 5.11 Å². The minimum absolute atomic E-state index is 0.310. The topological polar surface area (TPSA) is 57.6 Å². The van der Waals surface area contributed by atoms with E-state index in [2.05, 4.69) is 6.58 Å². The highest BCUT2D eigenvalue weighted by Gasteiger charge is 2.32. The SMILES string of the molecule is C=CCC[C@@H](CO)S(=O)(=O)N(C)PC1CC1. The zero-order chi connectivity index (χ0) is 12.2. The molecular formula is C10H20NO3PS. The Bertz CT molecular complexity index is 327. The Balaban J connectivity index is 2.59. The fourth-order valence-electron chi connectivity index (χ4n) is 1.40. The molecule has 1 fully saturated rings. The van der Waals surface area contributed by atoms with Crippen LogP contribution in [0.3, 0.4) is 0 Å². The fraction of sp³-hybridized carbons (Fsp3) is 0.800. The average molecular weight is 265 g/mol. The number of aliphatic hydroxyl groups is 1. The molecule has 2 atom stereocenters. The molecular weight excluding hydrogens is 245 g/mol. The molecule has 1 aliphatic rings. The maximum atomic E-state index is 12.1. The van der Waals surface area contributed by atoms with Crippen LogP contribution in [-0.2, 0) is 10.0 Å².